The van der Waals surface area contributed by atoms with Crippen molar-refractivity contribution in [3.05, 3.63) is 0 Å². The largest absolute Gasteiger partial charge is 0.383 e. The number of hydrogen-bond acceptors (Lipinski definition) is 8. The fourth-order valence-electron chi connectivity index (χ4n) is 1.98. The van der Waals surface area contributed by atoms with E-state index in [1.165, 1.54) is 0 Å². The molecule has 1 aliphatic rings. The Bertz CT molecular complexity index is 438. The lowest BCUT2D eigenvalue weighted by atomic mass is 10.3. The minimum absolute atomic E-state index is 0.152. The molecule has 0 radical (unpaired) electrons. The molecule has 0 aromatic carbocycles. The van der Waals surface area contributed by atoms with E-state index in [9.17, 15) is 0 Å². The standard InChI is InChI=1S/C12H22N6O2/c1-9(8-19-3)17(2)11-14-10(13)15-12(16-11)18-4-6-20-7-5-18/h9H,4-8H2,1-3H3,(H2,13,14,15,16). The lowest BCUT2D eigenvalue weighted by Crippen LogP contribution is -2.39. The molecule has 1 aromatic rings. The van der Waals surface area contributed by atoms with E-state index in [4.69, 9.17) is 15.2 Å². The van der Waals surface area contributed by atoms with E-state index in [-0.39, 0.29) is 12.0 Å². The molecule has 8 nitrogen and oxygen atoms in total. The maximum atomic E-state index is 5.80. The molecule has 2 heterocycles. The average Bonchev–Trinajstić information content (AvgIpc) is 2.47. The van der Waals surface area contributed by atoms with Gasteiger partial charge in [0.15, 0.2) is 0 Å². The first-order valence-electron chi connectivity index (χ1n) is 6.68. The van der Waals surface area contributed by atoms with Crippen LogP contribution in [-0.4, -0.2) is 68.1 Å². The molecule has 1 fully saturated rings. The fourth-order valence-corrected chi connectivity index (χ4v) is 1.98. The van der Waals surface area contributed by atoms with Crippen molar-refractivity contribution < 1.29 is 9.47 Å². The number of rotatable bonds is 5. The van der Waals surface area contributed by atoms with Crippen LogP contribution in [0.1, 0.15) is 6.92 Å². The molecule has 1 aromatic heterocycles. The first-order valence-corrected chi connectivity index (χ1v) is 6.68. The lowest BCUT2D eigenvalue weighted by Gasteiger charge is -2.29. The van der Waals surface area contributed by atoms with Crippen LogP contribution in [0.2, 0.25) is 0 Å². The van der Waals surface area contributed by atoms with Gasteiger partial charge < -0.3 is 25.0 Å². The van der Waals surface area contributed by atoms with Crippen LogP contribution in [0.3, 0.4) is 0 Å². The van der Waals surface area contributed by atoms with Crippen LogP contribution in [0.5, 0.6) is 0 Å². The van der Waals surface area contributed by atoms with Crippen molar-refractivity contribution in [2.75, 3.05) is 62.6 Å². The van der Waals surface area contributed by atoms with Crippen LogP contribution in [-0.2, 0) is 9.47 Å². The molecule has 0 spiro atoms. The van der Waals surface area contributed by atoms with Crippen molar-refractivity contribution in [2.24, 2.45) is 0 Å². The molecule has 0 aliphatic carbocycles. The smallest absolute Gasteiger partial charge is 0.232 e. The molecule has 1 aliphatic heterocycles. The Morgan fingerprint density at radius 3 is 2.70 bits per heavy atom. The molecule has 0 bridgehead atoms. The molecule has 112 valence electrons. The van der Waals surface area contributed by atoms with Gasteiger partial charge in [-0.15, -0.1) is 0 Å². The second-order valence-corrected chi connectivity index (χ2v) is 4.81. The highest BCUT2D eigenvalue weighted by molar-refractivity contribution is 5.43. The summed E-state index contributed by atoms with van der Waals surface area (Å²) in [4.78, 5) is 16.9. The second kappa shape index (κ2) is 6.67. The molecule has 8 heteroatoms. The zero-order valence-electron chi connectivity index (χ0n) is 12.2. The van der Waals surface area contributed by atoms with E-state index < -0.39 is 0 Å². The maximum absolute atomic E-state index is 5.80. The Balaban J connectivity index is 2.19. The number of morpholine rings is 1. The number of ether oxygens (including phenoxy) is 2. The summed E-state index contributed by atoms with van der Waals surface area (Å²) in [5, 5.41) is 0. The van der Waals surface area contributed by atoms with E-state index in [2.05, 4.69) is 19.9 Å². The van der Waals surface area contributed by atoms with Crippen LogP contribution in [0.4, 0.5) is 17.8 Å². The van der Waals surface area contributed by atoms with Gasteiger partial charge in [0.25, 0.3) is 0 Å². The fraction of sp³-hybridized carbons (Fsp3) is 0.750. The van der Waals surface area contributed by atoms with Crippen LogP contribution in [0, 0.1) is 0 Å². The van der Waals surface area contributed by atoms with E-state index in [0.717, 1.165) is 13.1 Å². The summed E-state index contributed by atoms with van der Waals surface area (Å²) in [5.41, 5.74) is 5.80. The van der Waals surface area contributed by atoms with Gasteiger partial charge in [-0.3, -0.25) is 0 Å². The monoisotopic (exact) mass is 282 g/mol. The van der Waals surface area contributed by atoms with Gasteiger partial charge in [0.2, 0.25) is 17.8 Å². The molecule has 0 saturated carbocycles. The molecular weight excluding hydrogens is 260 g/mol. The lowest BCUT2D eigenvalue weighted by molar-refractivity contribution is 0.122. The maximum Gasteiger partial charge on any atom is 0.232 e. The van der Waals surface area contributed by atoms with E-state index in [1.807, 2.05) is 18.9 Å². The van der Waals surface area contributed by atoms with Crippen LogP contribution < -0.4 is 15.5 Å². The van der Waals surface area contributed by atoms with Gasteiger partial charge in [0.05, 0.1) is 25.9 Å². The highest BCUT2D eigenvalue weighted by Crippen LogP contribution is 2.17. The van der Waals surface area contributed by atoms with Gasteiger partial charge in [-0.25, -0.2) is 0 Å². The van der Waals surface area contributed by atoms with Crippen molar-refractivity contribution in [3.8, 4) is 0 Å². The normalized spacial score (nSPS) is 17.1. The van der Waals surface area contributed by atoms with E-state index in [1.54, 1.807) is 7.11 Å². The Morgan fingerprint density at radius 2 is 2.05 bits per heavy atom. The topological polar surface area (TPSA) is 89.6 Å². The van der Waals surface area contributed by atoms with Gasteiger partial charge in [-0.2, -0.15) is 15.0 Å². The summed E-state index contributed by atoms with van der Waals surface area (Å²) < 4.78 is 10.5. The molecule has 2 N–H and O–H groups in total. The quantitative estimate of drug-likeness (QED) is 0.791. The van der Waals surface area contributed by atoms with Gasteiger partial charge in [-0.05, 0) is 6.92 Å². The summed E-state index contributed by atoms with van der Waals surface area (Å²) in [6.07, 6.45) is 0. The van der Waals surface area contributed by atoms with Crippen molar-refractivity contribution in [1.82, 2.24) is 15.0 Å². The summed E-state index contributed by atoms with van der Waals surface area (Å²) in [6.45, 7) is 5.51. The average molecular weight is 282 g/mol. The molecule has 1 atom stereocenters. The van der Waals surface area contributed by atoms with E-state index >= 15 is 0 Å². The Labute approximate surface area is 118 Å². The number of anilines is 3. The zero-order valence-corrected chi connectivity index (χ0v) is 12.2. The highest BCUT2D eigenvalue weighted by Gasteiger charge is 2.19. The van der Waals surface area contributed by atoms with Crippen molar-refractivity contribution >= 4 is 17.8 Å². The Kier molecular flexibility index (Phi) is 4.91. The van der Waals surface area contributed by atoms with E-state index in [0.29, 0.717) is 31.7 Å². The zero-order chi connectivity index (χ0) is 14.5. The number of hydrogen-bond donors (Lipinski definition) is 1. The first kappa shape index (κ1) is 14.7. The molecular formula is C12H22N6O2. The number of nitrogens with two attached hydrogens (primary N) is 1. The third-order valence-corrected chi connectivity index (χ3v) is 3.31. The van der Waals surface area contributed by atoms with Gasteiger partial charge in [0, 0.05) is 27.2 Å². The first-order chi connectivity index (χ1) is 9.61. The Morgan fingerprint density at radius 1 is 1.35 bits per heavy atom. The van der Waals surface area contributed by atoms with Gasteiger partial charge >= 0.3 is 0 Å². The Hall–Kier alpha value is -1.67. The minimum Gasteiger partial charge on any atom is -0.383 e. The second-order valence-electron chi connectivity index (χ2n) is 4.81. The number of aromatic nitrogens is 3. The molecule has 20 heavy (non-hydrogen) atoms. The van der Waals surface area contributed by atoms with Crippen molar-refractivity contribution in [3.63, 3.8) is 0 Å². The SMILES string of the molecule is COCC(C)N(C)c1nc(N)nc(N2CCOCC2)n1. The van der Waals surface area contributed by atoms with Gasteiger partial charge in [0.1, 0.15) is 0 Å². The van der Waals surface area contributed by atoms with Crippen LogP contribution in [0.25, 0.3) is 0 Å². The molecule has 2 rings (SSSR count). The van der Waals surface area contributed by atoms with Crippen molar-refractivity contribution in [2.45, 2.75) is 13.0 Å². The molecule has 0 amide bonds. The van der Waals surface area contributed by atoms with Crippen molar-refractivity contribution in [1.29, 1.82) is 0 Å². The third-order valence-electron chi connectivity index (χ3n) is 3.31. The molecule has 1 unspecified atom stereocenters. The summed E-state index contributed by atoms with van der Waals surface area (Å²) >= 11 is 0. The van der Waals surface area contributed by atoms with Crippen LogP contribution in [0.15, 0.2) is 0 Å². The van der Waals surface area contributed by atoms with Gasteiger partial charge in [-0.1, -0.05) is 0 Å². The molecule has 1 saturated heterocycles. The summed E-state index contributed by atoms with van der Waals surface area (Å²) in [5.74, 6) is 1.39. The summed E-state index contributed by atoms with van der Waals surface area (Å²) in [6, 6.07) is 0.152. The number of nitrogens with zero attached hydrogens (tertiary/aromatic N) is 5. The predicted molar refractivity (Wildman–Crippen MR) is 77.0 cm³/mol. The minimum atomic E-state index is 0.152. The number of methoxy groups -OCH3 is 1. The highest BCUT2D eigenvalue weighted by atomic mass is 16.5. The summed E-state index contributed by atoms with van der Waals surface area (Å²) in [7, 11) is 3.59. The van der Waals surface area contributed by atoms with Crippen LogP contribution >= 0.6 is 0 Å². The number of nitrogen functional groups attached to an aromatic ring is 1. The third kappa shape index (κ3) is 3.45. The predicted octanol–water partition coefficient (Wildman–Crippen LogP) is -0.238. The number of likely N-dealkylation sites (N-methyl/N-ethyl adjacent to an activating group) is 1.